The van der Waals surface area contributed by atoms with Crippen LogP contribution in [0.15, 0.2) is 0 Å². The molecule has 2 N–H and O–H groups in total. The Kier molecular flexibility index (Phi) is 6.27. The van der Waals surface area contributed by atoms with Gasteiger partial charge in [0.2, 0.25) is 0 Å². The Hall–Kier alpha value is -0.810. The molecule has 5 nitrogen and oxygen atoms in total. The van der Waals surface area contributed by atoms with Crippen LogP contribution in [0.4, 0.5) is 4.79 Å². The first-order valence-corrected chi connectivity index (χ1v) is 7.76. The van der Waals surface area contributed by atoms with E-state index in [4.69, 9.17) is 10.5 Å². The minimum Gasteiger partial charge on any atom is -0.444 e. The Balaban J connectivity index is 2.65. The molecule has 1 fully saturated rings. The van der Waals surface area contributed by atoms with Crippen molar-refractivity contribution in [3.63, 3.8) is 0 Å². The maximum atomic E-state index is 12.1. The Morgan fingerprint density at radius 2 is 1.90 bits per heavy atom. The smallest absolute Gasteiger partial charge is 0.410 e. The Labute approximate surface area is 123 Å². The van der Waals surface area contributed by atoms with E-state index in [1.807, 2.05) is 20.8 Å². The minimum atomic E-state index is -0.443. The third-order valence-electron chi connectivity index (χ3n) is 3.86. The van der Waals surface area contributed by atoms with Gasteiger partial charge in [-0.1, -0.05) is 13.8 Å². The molecule has 1 amide bonds. The summed E-state index contributed by atoms with van der Waals surface area (Å²) in [6.45, 7) is 13.0. The van der Waals surface area contributed by atoms with Crippen LogP contribution >= 0.6 is 0 Å². The maximum absolute atomic E-state index is 12.1. The van der Waals surface area contributed by atoms with Crippen LogP contribution in [0.3, 0.4) is 0 Å². The van der Waals surface area contributed by atoms with Crippen molar-refractivity contribution in [3.8, 4) is 0 Å². The van der Waals surface area contributed by atoms with Gasteiger partial charge < -0.3 is 15.4 Å². The molecule has 0 radical (unpaired) electrons. The molecule has 0 aromatic carbocycles. The Morgan fingerprint density at radius 1 is 1.30 bits per heavy atom. The fourth-order valence-electron chi connectivity index (χ4n) is 2.81. The SMILES string of the molecule is CCC(CC)N1CCN(C(=O)OC(C)(C)C)CC1CN. The van der Waals surface area contributed by atoms with Crippen molar-refractivity contribution in [1.82, 2.24) is 9.80 Å². The van der Waals surface area contributed by atoms with Gasteiger partial charge in [-0.15, -0.1) is 0 Å². The van der Waals surface area contributed by atoms with Crippen molar-refractivity contribution >= 4 is 6.09 Å². The molecule has 5 heteroatoms. The average molecular weight is 285 g/mol. The van der Waals surface area contributed by atoms with Crippen molar-refractivity contribution < 1.29 is 9.53 Å². The zero-order valence-corrected chi connectivity index (χ0v) is 13.7. The molecule has 0 aliphatic carbocycles. The third kappa shape index (κ3) is 4.63. The zero-order valence-electron chi connectivity index (χ0n) is 13.7. The van der Waals surface area contributed by atoms with Gasteiger partial charge in [-0.05, 0) is 33.6 Å². The number of nitrogens with zero attached hydrogens (tertiary/aromatic N) is 2. The molecule has 0 aromatic heterocycles. The lowest BCUT2D eigenvalue weighted by atomic mass is 10.0. The lowest BCUT2D eigenvalue weighted by molar-refractivity contribution is -0.00418. The fourth-order valence-corrected chi connectivity index (χ4v) is 2.81. The lowest BCUT2D eigenvalue weighted by Gasteiger charge is -2.44. The Morgan fingerprint density at radius 3 is 2.35 bits per heavy atom. The summed E-state index contributed by atoms with van der Waals surface area (Å²) in [5, 5.41) is 0. The second-order valence-corrected chi connectivity index (χ2v) is 6.52. The molecule has 0 saturated carbocycles. The number of carbonyl (C=O) groups excluding carboxylic acids is 1. The molecule has 1 aliphatic rings. The molecular weight excluding hydrogens is 254 g/mol. The summed E-state index contributed by atoms with van der Waals surface area (Å²) in [7, 11) is 0. The molecule has 20 heavy (non-hydrogen) atoms. The molecule has 0 bridgehead atoms. The van der Waals surface area contributed by atoms with E-state index in [2.05, 4.69) is 18.7 Å². The number of amides is 1. The van der Waals surface area contributed by atoms with E-state index in [1.165, 1.54) is 0 Å². The molecule has 1 aliphatic heterocycles. The number of hydrogen-bond acceptors (Lipinski definition) is 4. The average Bonchev–Trinajstić information content (AvgIpc) is 2.38. The molecular formula is C15H31N3O2. The summed E-state index contributed by atoms with van der Waals surface area (Å²) >= 11 is 0. The van der Waals surface area contributed by atoms with Crippen molar-refractivity contribution in [2.24, 2.45) is 5.73 Å². The third-order valence-corrected chi connectivity index (χ3v) is 3.86. The van der Waals surface area contributed by atoms with Crippen molar-refractivity contribution in [2.75, 3.05) is 26.2 Å². The van der Waals surface area contributed by atoms with Gasteiger partial charge in [0, 0.05) is 38.3 Å². The van der Waals surface area contributed by atoms with E-state index in [1.54, 1.807) is 4.90 Å². The number of ether oxygens (including phenoxy) is 1. The van der Waals surface area contributed by atoms with Crippen molar-refractivity contribution in [2.45, 2.75) is 65.1 Å². The van der Waals surface area contributed by atoms with E-state index in [9.17, 15) is 4.79 Å². The standard InChI is InChI=1S/C15H31N3O2/c1-6-12(7-2)18-9-8-17(11-13(18)10-16)14(19)20-15(3,4)5/h12-13H,6-11,16H2,1-5H3. The van der Waals surface area contributed by atoms with Crippen LogP contribution in [0.2, 0.25) is 0 Å². The van der Waals surface area contributed by atoms with E-state index in [0.29, 0.717) is 19.1 Å². The van der Waals surface area contributed by atoms with Gasteiger partial charge in [-0.2, -0.15) is 0 Å². The summed E-state index contributed by atoms with van der Waals surface area (Å²) in [5.41, 5.74) is 5.47. The number of piperazine rings is 1. The molecule has 1 rings (SSSR count). The van der Waals surface area contributed by atoms with Gasteiger partial charge in [0.05, 0.1) is 0 Å². The first kappa shape index (κ1) is 17.2. The highest BCUT2D eigenvalue weighted by Gasteiger charge is 2.33. The van der Waals surface area contributed by atoms with Crippen molar-refractivity contribution in [3.05, 3.63) is 0 Å². The molecule has 0 aromatic rings. The molecule has 1 atom stereocenters. The van der Waals surface area contributed by atoms with Crippen LogP contribution in [-0.4, -0.2) is 59.8 Å². The second kappa shape index (κ2) is 7.27. The summed E-state index contributed by atoms with van der Waals surface area (Å²) in [4.78, 5) is 16.4. The van der Waals surface area contributed by atoms with Crippen molar-refractivity contribution in [1.29, 1.82) is 0 Å². The van der Waals surface area contributed by atoms with E-state index in [0.717, 1.165) is 25.9 Å². The largest absolute Gasteiger partial charge is 0.444 e. The van der Waals surface area contributed by atoms with Crippen LogP contribution in [0.25, 0.3) is 0 Å². The molecule has 1 unspecified atom stereocenters. The summed E-state index contributed by atoms with van der Waals surface area (Å²) < 4.78 is 5.45. The van der Waals surface area contributed by atoms with Gasteiger partial charge in [-0.3, -0.25) is 4.90 Å². The van der Waals surface area contributed by atoms with Gasteiger partial charge >= 0.3 is 6.09 Å². The second-order valence-electron chi connectivity index (χ2n) is 6.52. The minimum absolute atomic E-state index is 0.222. The lowest BCUT2D eigenvalue weighted by Crippen LogP contribution is -2.60. The number of hydrogen-bond donors (Lipinski definition) is 1. The van der Waals surface area contributed by atoms with E-state index in [-0.39, 0.29) is 12.1 Å². The normalized spacial score (nSPS) is 21.4. The highest BCUT2D eigenvalue weighted by atomic mass is 16.6. The van der Waals surface area contributed by atoms with Crippen LogP contribution in [-0.2, 0) is 4.74 Å². The van der Waals surface area contributed by atoms with E-state index < -0.39 is 5.60 Å². The highest BCUT2D eigenvalue weighted by molar-refractivity contribution is 5.68. The maximum Gasteiger partial charge on any atom is 0.410 e. The van der Waals surface area contributed by atoms with Gasteiger partial charge in [0.15, 0.2) is 0 Å². The molecule has 1 heterocycles. The fraction of sp³-hybridized carbons (Fsp3) is 0.933. The van der Waals surface area contributed by atoms with Gasteiger partial charge in [0.25, 0.3) is 0 Å². The van der Waals surface area contributed by atoms with Gasteiger partial charge in [0.1, 0.15) is 5.60 Å². The van der Waals surface area contributed by atoms with Crippen LogP contribution < -0.4 is 5.73 Å². The van der Waals surface area contributed by atoms with Crippen LogP contribution in [0.1, 0.15) is 47.5 Å². The predicted molar refractivity (Wildman–Crippen MR) is 81.7 cm³/mol. The first-order valence-electron chi connectivity index (χ1n) is 7.76. The number of nitrogens with two attached hydrogens (primary N) is 1. The topological polar surface area (TPSA) is 58.8 Å². The number of rotatable bonds is 4. The summed E-state index contributed by atoms with van der Waals surface area (Å²) in [5.74, 6) is 0. The summed E-state index contributed by atoms with van der Waals surface area (Å²) in [6.07, 6.45) is 2.03. The quantitative estimate of drug-likeness (QED) is 0.859. The monoisotopic (exact) mass is 285 g/mol. The zero-order chi connectivity index (χ0) is 15.3. The van der Waals surface area contributed by atoms with Gasteiger partial charge in [-0.25, -0.2) is 4.79 Å². The summed E-state index contributed by atoms with van der Waals surface area (Å²) in [6, 6.07) is 0.797. The first-order chi connectivity index (χ1) is 9.32. The molecule has 118 valence electrons. The molecule has 1 saturated heterocycles. The predicted octanol–water partition coefficient (Wildman–Crippen LogP) is 2.06. The van der Waals surface area contributed by atoms with E-state index >= 15 is 0 Å². The Bertz CT molecular complexity index is 311. The van der Waals surface area contributed by atoms with Crippen LogP contribution in [0.5, 0.6) is 0 Å². The highest BCUT2D eigenvalue weighted by Crippen LogP contribution is 2.19. The van der Waals surface area contributed by atoms with Crippen LogP contribution in [0, 0.1) is 0 Å². The number of carbonyl (C=O) groups is 1. The molecule has 0 spiro atoms.